The number of nitrogens with zero attached hydrogens (tertiary/aromatic N) is 1. The molecule has 1 heterocycles. The smallest absolute Gasteiger partial charge is 0.255 e. The molecule has 1 N–H and O–H groups in total. The van der Waals surface area contributed by atoms with Crippen molar-refractivity contribution in [1.82, 2.24) is 0 Å². The van der Waals surface area contributed by atoms with E-state index >= 15 is 0 Å². The first-order valence-electron chi connectivity index (χ1n) is 9.98. The van der Waals surface area contributed by atoms with Gasteiger partial charge in [-0.05, 0) is 61.4 Å². The molecule has 29 heavy (non-hydrogen) atoms. The van der Waals surface area contributed by atoms with Gasteiger partial charge < -0.3 is 15.0 Å². The van der Waals surface area contributed by atoms with Gasteiger partial charge in [-0.3, -0.25) is 4.79 Å². The van der Waals surface area contributed by atoms with E-state index in [9.17, 15) is 13.2 Å². The fourth-order valence-corrected chi connectivity index (χ4v) is 4.58. The maximum absolute atomic E-state index is 12.5. The maximum atomic E-state index is 12.5. The highest BCUT2D eigenvalue weighted by Gasteiger charge is 2.15. The zero-order valence-corrected chi connectivity index (χ0v) is 17.6. The van der Waals surface area contributed by atoms with Crippen molar-refractivity contribution in [3.63, 3.8) is 0 Å². The summed E-state index contributed by atoms with van der Waals surface area (Å²) in [6.45, 7) is 2.29. The number of sulfone groups is 1. The predicted molar refractivity (Wildman–Crippen MR) is 115 cm³/mol. The van der Waals surface area contributed by atoms with Gasteiger partial charge in [-0.1, -0.05) is 12.8 Å². The lowest BCUT2D eigenvalue weighted by Gasteiger charge is -2.22. The summed E-state index contributed by atoms with van der Waals surface area (Å²) in [6, 6.07) is 13.9. The third-order valence-electron chi connectivity index (χ3n) is 5.13. The molecule has 0 saturated carbocycles. The van der Waals surface area contributed by atoms with Gasteiger partial charge in [0.1, 0.15) is 0 Å². The second-order valence-electron chi connectivity index (χ2n) is 7.24. The van der Waals surface area contributed by atoms with Gasteiger partial charge in [0.2, 0.25) is 0 Å². The first kappa shape index (κ1) is 21.3. The van der Waals surface area contributed by atoms with Crippen molar-refractivity contribution in [3.05, 3.63) is 54.1 Å². The second kappa shape index (κ2) is 9.89. The van der Waals surface area contributed by atoms with Gasteiger partial charge >= 0.3 is 0 Å². The molecule has 1 amide bonds. The summed E-state index contributed by atoms with van der Waals surface area (Å²) in [7, 11) is -1.94. The van der Waals surface area contributed by atoms with Crippen molar-refractivity contribution in [2.75, 3.05) is 42.8 Å². The minimum absolute atomic E-state index is 0.0849. The van der Waals surface area contributed by atoms with Gasteiger partial charge in [0.15, 0.2) is 9.84 Å². The molecule has 0 radical (unpaired) electrons. The lowest BCUT2D eigenvalue weighted by atomic mass is 10.2. The largest absolute Gasteiger partial charge is 0.384 e. The first-order valence-corrected chi connectivity index (χ1v) is 11.6. The number of hydrogen-bond donors (Lipinski definition) is 1. The minimum atomic E-state index is -3.40. The fraction of sp³-hybridized carbons (Fsp3) is 0.409. The van der Waals surface area contributed by atoms with Gasteiger partial charge in [-0.15, -0.1) is 0 Å². The van der Waals surface area contributed by atoms with E-state index in [1.54, 1.807) is 0 Å². The summed E-state index contributed by atoms with van der Waals surface area (Å²) in [5.41, 5.74) is 2.30. The van der Waals surface area contributed by atoms with Crippen LogP contribution in [0.4, 0.5) is 11.4 Å². The summed E-state index contributed by atoms with van der Waals surface area (Å²) >= 11 is 0. The number of hydrogen-bond acceptors (Lipinski definition) is 5. The summed E-state index contributed by atoms with van der Waals surface area (Å²) in [4.78, 5) is 15.1. The van der Waals surface area contributed by atoms with Crippen molar-refractivity contribution in [3.8, 4) is 0 Å². The Morgan fingerprint density at radius 3 is 2.17 bits per heavy atom. The number of rotatable bonds is 7. The highest BCUT2D eigenvalue weighted by molar-refractivity contribution is 7.91. The van der Waals surface area contributed by atoms with Crippen molar-refractivity contribution >= 4 is 27.1 Å². The first-order chi connectivity index (χ1) is 14.0. The zero-order chi connectivity index (χ0) is 20.7. The van der Waals surface area contributed by atoms with Crippen molar-refractivity contribution in [2.24, 2.45) is 0 Å². The average Bonchev–Trinajstić information content (AvgIpc) is 3.02. The van der Waals surface area contributed by atoms with Crippen molar-refractivity contribution in [1.29, 1.82) is 0 Å². The number of nitrogens with one attached hydrogen (secondary N) is 1. The molecule has 0 aromatic heterocycles. The van der Waals surface area contributed by atoms with Gasteiger partial charge in [0.05, 0.1) is 17.3 Å². The number of amides is 1. The summed E-state index contributed by atoms with van der Waals surface area (Å²) < 4.78 is 29.2. The molecule has 0 spiro atoms. The van der Waals surface area contributed by atoms with Crippen LogP contribution in [0, 0.1) is 0 Å². The third kappa shape index (κ3) is 5.81. The van der Waals surface area contributed by atoms with E-state index in [2.05, 4.69) is 10.2 Å². The summed E-state index contributed by atoms with van der Waals surface area (Å²) in [6.07, 6.45) is 5.01. The van der Waals surface area contributed by atoms with Crippen molar-refractivity contribution in [2.45, 2.75) is 30.6 Å². The summed E-state index contributed by atoms with van der Waals surface area (Å²) in [5, 5.41) is 2.87. The van der Waals surface area contributed by atoms with Crippen molar-refractivity contribution < 1.29 is 17.9 Å². The van der Waals surface area contributed by atoms with E-state index < -0.39 is 9.84 Å². The lowest BCUT2D eigenvalue weighted by Crippen LogP contribution is -2.23. The monoisotopic (exact) mass is 416 g/mol. The minimum Gasteiger partial charge on any atom is -0.384 e. The number of methoxy groups -OCH3 is 1. The van der Waals surface area contributed by atoms with Gasteiger partial charge in [0.25, 0.3) is 5.91 Å². The Labute approximate surface area is 172 Å². The quantitative estimate of drug-likeness (QED) is 0.744. The van der Waals surface area contributed by atoms with Crippen LogP contribution in [0.15, 0.2) is 53.4 Å². The maximum Gasteiger partial charge on any atom is 0.255 e. The van der Waals surface area contributed by atoms with E-state index in [0.29, 0.717) is 11.3 Å². The average molecular weight is 417 g/mol. The Balaban J connectivity index is 1.62. The van der Waals surface area contributed by atoms with Crippen LogP contribution < -0.4 is 10.2 Å². The number of carbonyl (C=O) groups excluding carboxylic acids is 1. The Bertz CT molecular complexity index is 901. The Hall–Kier alpha value is -2.38. The highest BCUT2D eigenvalue weighted by atomic mass is 32.2. The molecule has 1 aliphatic rings. The normalized spacial score (nSPS) is 15.0. The third-order valence-corrected chi connectivity index (χ3v) is 6.82. The van der Waals surface area contributed by atoms with Gasteiger partial charge in [-0.25, -0.2) is 8.42 Å². The van der Waals surface area contributed by atoms with E-state index in [1.807, 2.05) is 24.3 Å². The van der Waals surface area contributed by atoms with Crippen LogP contribution in [0.25, 0.3) is 0 Å². The molecule has 2 aromatic rings. The highest BCUT2D eigenvalue weighted by Crippen LogP contribution is 2.22. The number of ether oxygens (including phenoxy) is 1. The fourth-order valence-electron chi connectivity index (χ4n) is 3.41. The van der Waals surface area contributed by atoms with Crippen LogP contribution >= 0.6 is 0 Å². The van der Waals surface area contributed by atoms with E-state index in [-0.39, 0.29) is 23.2 Å². The molecular weight excluding hydrogens is 388 g/mol. The number of benzene rings is 2. The van der Waals surface area contributed by atoms with E-state index in [4.69, 9.17) is 4.74 Å². The molecule has 1 fully saturated rings. The Morgan fingerprint density at radius 2 is 1.59 bits per heavy atom. The lowest BCUT2D eigenvalue weighted by molar-refractivity contribution is 0.102. The standard InChI is InChI=1S/C22H28N2O4S/c1-28-16-17-29(26,27)21-12-6-18(7-13-21)22(25)23-19-8-10-20(11-9-19)24-14-4-2-3-5-15-24/h6-13H,2-5,14-17H2,1H3,(H,23,25). The SMILES string of the molecule is COCCS(=O)(=O)c1ccc(C(=O)Nc2ccc(N3CCCCCC3)cc2)cc1. The van der Waals surface area contributed by atoms with Crippen LogP contribution in [-0.2, 0) is 14.6 Å². The predicted octanol–water partition coefficient (Wildman–Crippen LogP) is 3.74. The molecule has 1 saturated heterocycles. The molecule has 1 aliphatic heterocycles. The Kier molecular flexibility index (Phi) is 7.28. The molecule has 0 atom stereocenters. The molecule has 2 aromatic carbocycles. The van der Waals surface area contributed by atoms with Crippen LogP contribution in [0.2, 0.25) is 0 Å². The van der Waals surface area contributed by atoms with Crippen LogP contribution in [-0.4, -0.2) is 46.9 Å². The molecule has 0 unspecified atom stereocenters. The molecule has 0 aliphatic carbocycles. The summed E-state index contributed by atoms with van der Waals surface area (Å²) in [5.74, 6) is -0.355. The second-order valence-corrected chi connectivity index (χ2v) is 9.35. The van der Waals surface area contributed by atoms with Crippen LogP contribution in [0.5, 0.6) is 0 Å². The van der Waals surface area contributed by atoms with E-state index in [0.717, 1.165) is 13.1 Å². The molecule has 6 nitrogen and oxygen atoms in total. The van der Waals surface area contributed by atoms with E-state index in [1.165, 1.54) is 62.7 Å². The topological polar surface area (TPSA) is 75.7 Å². The molecule has 156 valence electrons. The molecule has 0 bridgehead atoms. The molecule has 7 heteroatoms. The number of carbonyl (C=O) groups is 1. The Morgan fingerprint density at radius 1 is 0.966 bits per heavy atom. The van der Waals surface area contributed by atoms with Gasteiger partial charge in [-0.2, -0.15) is 0 Å². The molecule has 3 rings (SSSR count). The van der Waals surface area contributed by atoms with Crippen LogP contribution in [0.3, 0.4) is 0 Å². The zero-order valence-electron chi connectivity index (χ0n) is 16.8. The van der Waals surface area contributed by atoms with Gasteiger partial charge in [0, 0.05) is 37.1 Å². The van der Waals surface area contributed by atoms with Crippen LogP contribution in [0.1, 0.15) is 36.0 Å². The molecular formula is C22H28N2O4S. The number of anilines is 2.